The van der Waals surface area contributed by atoms with Crippen molar-refractivity contribution in [2.45, 2.75) is 13.0 Å². The second-order valence-electron chi connectivity index (χ2n) is 6.45. The largest absolute Gasteiger partial charge is 0.336 e. The topological polar surface area (TPSA) is 46.1 Å². The van der Waals surface area contributed by atoms with Gasteiger partial charge in [0, 0.05) is 52.5 Å². The van der Waals surface area contributed by atoms with Crippen molar-refractivity contribution in [3.05, 3.63) is 87.9 Å². The number of carbonyl (C=O) groups excluding carboxylic acids is 1. The summed E-state index contributed by atoms with van der Waals surface area (Å²) in [5, 5.41) is 0. The average Bonchev–Trinajstić information content (AvgIpc) is 2.67. The zero-order chi connectivity index (χ0) is 17.7. The van der Waals surface area contributed by atoms with Crippen LogP contribution in [0.5, 0.6) is 0 Å². The summed E-state index contributed by atoms with van der Waals surface area (Å²) in [5.74, 6) is 0.139. The zero-order valence-corrected chi connectivity index (χ0v) is 15.4. The van der Waals surface area contributed by atoms with E-state index in [1.807, 2.05) is 30.5 Å². The van der Waals surface area contributed by atoms with E-state index < -0.39 is 0 Å². The molecule has 0 fully saturated rings. The number of benzene rings is 1. The lowest BCUT2D eigenvalue weighted by Gasteiger charge is -2.37. The van der Waals surface area contributed by atoms with Crippen LogP contribution in [0.2, 0.25) is 0 Å². The van der Waals surface area contributed by atoms with Gasteiger partial charge in [-0.25, -0.2) is 0 Å². The molecule has 0 spiro atoms. The fraction of sp³-hybridized carbons (Fsp3) is 0.0952. The maximum absolute atomic E-state index is 12.7. The summed E-state index contributed by atoms with van der Waals surface area (Å²) in [6.07, 6.45) is 7.58. The van der Waals surface area contributed by atoms with Crippen LogP contribution in [-0.4, -0.2) is 15.8 Å². The molecule has 1 aromatic carbocycles. The molecule has 0 unspecified atom stereocenters. The molecule has 126 valence electrons. The van der Waals surface area contributed by atoms with E-state index in [1.54, 1.807) is 18.6 Å². The van der Waals surface area contributed by atoms with Crippen LogP contribution >= 0.6 is 15.9 Å². The van der Waals surface area contributed by atoms with E-state index >= 15 is 0 Å². The molecule has 1 aliphatic carbocycles. The van der Waals surface area contributed by atoms with E-state index in [-0.39, 0.29) is 5.78 Å². The van der Waals surface area contributed by atoms with Gasteiger partial charge in [-0.3, -0.25) is 14.8 Å². The Morgan fingerprint density at radius 2 is 1.77 bits per heavy atom. The van der Waals surface area contributed by atoms with Gasteiger partial charge in [0.05, 0.1) is 12.2 Å². The summed E-state index contributed by atoms with van der Waals surface area (Å²) >= 11 is 3.57. The van der Waals surface area contributed by atoms with Gasteiger partial charge in [-0.15, -0.1) is 0 Å². The van der Waals surface area contributed by atoms with Crippen LogP contribution in [0, 0.1) is 0 Å². The summed E-state index contributed by atoms with van der Waals surface area (Å²) < 4.78 is 1.02. The van der Waals surface area contributed by atoms with Gasteiger partial charge in [0.1, 0.15) is 0 Å². The first-order valence-electron chi connectivity index (χ1n) is 8.39. The third-order valence-electron chi connectivity index (χ3n) is 4.95. The molecule has 0 radical (unpaired) electrons. The summed E-state index contributed by atoms with van der Waals surface area (Å²) in [4.78, 5) is 23.6. The van der Waals surface area contributed by atoms with Crippen molar-refractivity contribution in [3.63, 3.8) is 0 Å². The molecule has 0 atom stereocenters. The Balaban J connectivity index is 1.81. The predicted molar refractivity (Wildman–Crippen MR) is 105 cm³/mol. The SMILES string of the molecule is O=C1CC2=C(c3cnccc31)N(c1cccc(Br)c1)Cc1cnccc12. The molecule has 0 bridgehead atoms. The van der Waals surface area contributed by atoms with Gasteiger partial charge in [0.15, 0.2) is 5.78 Å². The highest BCUT2D eigenvalue weighted by atomic mass is 79.9. The number of pyridine rings is 2. The number of hydrogen-bond acceptors (Lipinski definition) is 4. The van der Waals surface area contributed by atoms with E-state index in [2.05, 4.69) is 42.9 Å². The standard InChI is InChI=1S/C21H14BrN3O/c22-14-2-1-3-15(8-14)25-12-13-10-23-6-4-16(13)18-9-20(26)17-5-7-24-11-19(17)21(18)25/h1-8,10-11H,9,12H2. The van der Waals surface area contributed by atoms with Gasteiger partial charge in [-0.2, -0.15) is 0 Å². The Kier molecular flexibility index (Phi) is 3.50. The van der Waals surface area contributed by atoms with Gasteiger partial charge >= 0.3 is 0 Å². The molecular weight excluding hydrogens is 390 g/mol. The monoisotopic (exact) mass is 403 g/mol. The fourth-order valence-electron chi connectivity index (χ4n) is 3.82. The van der Waals surface area contributed by atoms with Crippen molar-refractivity contribution in [1.29, 1.82) is 0 Å². The molecule has 0 saturated carbocycles. The second kappa shape index (κ2) is 5.88. The molecule has 26 heavy (non-hydrogen) atoms. The second-order valence-corrected chi connectivity index (χ2v) is 7.36. The van der Waals surface area contributed by atoms with Gasteiger partial charge < -0.3 is 4.90 Å². The third kappa shape index (κ3) is 2.31. The van der Waals surface area contributed by atoms with Crippen LogP contribution in [0.4, 0.5) is 5.69 Å². The van der Waals surface area contributed by atoms with Crippen LogP contribution in [0.1, 0.15) is 33.5 Å². The highest BCUT2D eigenvalue weighted by Crippen LogP contribution is 2.45. The Morgan fingerprint density at radius 1 is 0.962 bits per heavy atom. The minimum Gasteiger partial charge on any atom is -0.336 e. The quantitative estimate of drug-likeness (QED) is 0.589. The lowest BCUT2D eigenvalue weighted by atomic mass is 9.82. The van der Waals surface area contributed by atoms with Crippen molar-refractivity contribution in [3.8, 4) is 0 Å². The molecular formula is C21H14BrN3O. The van der Waals surface area contributed by atoms with Gasteiger partial charge in [-0.1, -0.05) is 22.0 Å². The number of Topliss-reactive ketones (excluding diaryl/α,β-unsaturated/α-hetero) is 1. The molecule has 0 N–H and O–H groups in total. The van der Waals surface area contributed by atoms with E-state index in [4.69, 9.17) is 0 Å². The molecule has 1 aliphatic heterocycles. The van der Waals surface area contributed by atoms with Gasteiger partial charge in [0.2, 0.25) is 0 Å². The van der Waals surface area contributed by atoms with Crippen LogP contribution < -0.4 is 4.90 Å². The molecule has 0 saturated heterocycles. The first-order chi connectivity index (χ1) is 12.7. The lowest BCUT2D eigenvalue weighted by Crippen LogP contribution is -2.30. The summed E-state index contributed by atoms with van der Waals surface area (Å²) in [7, 11) is 0. The lowest BCUT2D eigenvalue weighted by molar-refractivity contribution is 0.0996. The Labute approximate surface area is 159 Å². The summed E-state index contributed by atoms with van der Waals surface area (Å²) in [6, 6.07) is 12.1. The maximum Gasteiger partial charge on any atom is 0.168 e. The van der Waals surface area contributed by atoms with Gasteiger partial charge in [-0.05, 0) is 47.0 Å². The van der Waals surface area contributed by atoms with Crippen molar-refractivity contribution in [2.75, 3.05) is 4.90 Å². The third-order valence-corrected chi connectivity index (χ3v) is 5.44. The van der Waals surface area contributed by atoms with E-state index in [0.29, 0.717) is 13.0 Å². The van der Waals surface area contributed by atoms with E-state index in [9.17, 15) is 4.79 Å². The smallest absolute Gasteiger partial charge is 0.168 e. The predicted octanol–water partition coefficient (Wildman–Crippen LogP) is 4.71. The molecule has 5 rings (SSSR count). The highest BCUT2D eigenvalue weighted by Gasteiger charge is 2.34. The summed E-state index contributed by atoms with van der Waals surface area (Å²) in [5.41, 5.74) is 7.10. The first kappa shape index (κ1) is 15.5. The minimum absolute atomic E-state index is 0.139. The molecule has 2 aromatic heterocycles. The number of rotatable bonds is 1. The van der Waals surface area contributed by atoms with Crippen LogP contribution in [0.3, 0.4) is 0 Å². The average molecular weight is 404 g/mol. The number of carbonyl (C=O) groups is 1. The number of nitrogens with zero attached hydrogens (tertiary/aromatic N) is 3. The molecule has 3 aromatic rings. The van der Waals surface area contributed by atoms with Crippen LogP contribution in [0.25, 0.3) is 11.3 Å². The number of anilines is 1. The zero-order valence-electron chi connectivity index (χ0n) is 13.8. The fourth-order valence-corrected chi connectivity index (χ4v) is 4.21. The van der Waals surface area contributed by atoms with E-state index in [1.165, 1.54) is 0 Å². The number of halogens is 1. The van der Waals surface area contributed by atoms with Crippen molar-refractivity contribution < 1.29 is 4.79 Å². The normalized spacial score (nSPS) is 15.4. The molecule has 3 heterocycles. The Hall–Kier alpha value is -2.79. The first-order valence-corrected chi connectivity index (χ1v) is 9.19. The van der Waals surface area contributed by atoms with Gasteiger partial charge in [0.25, 0.3) is 0 Å². The molecule has 2 aliphatic rings. The number of fused-ring (bicyclic) bond motifs is 4. The van der Waals surface area contributed by atoms with Crippen molar-refractivity contribution in [1.82, 2.24) is 9.97 Å². The number of hydrogen-bond donors (Lipinski definition) is 0. The molecule has 4 nitrogen and oxygen atoms in total. The maximum atomic E-state index is 12.7. The molecule has 5 heteroatoms. The highest BCUT2D eigenvalue weighted by molar-refractivity contribution is 9.10. The Morgan fingerprint density at radius 3 is 2.62 bits per heavy atom. The Bertz CT molecular complexity index is 1090. The van der Waals surface area contributed by atoms with E-state index in [0.717, 1.165) is 43.7 Å². The van der Waals surface area contributed by atoms with Crippen molar-refractivity contribution in [2.24, 2.45) is 0 Å². The van der Waals surface area contributed by atoms with Crippen LogP contribution in [-0.2, 0) is 6.54 Å². The molecule has 0 amide bonds. The number of allylic oxidation sites excluding steroid dienone is 1. The van der Waals surface area contributed by atoms with Crippen molar-refractivity contribution >= 4 is 38.7 Å². The number of ketones is 1. The summed E-state index contributed by atoms with van der Waals surface area (Å²) in [6.45, 7) is 0.709. The minimum atomic E-state index is 0.139. The number of aromatic nitrogens is 2. The van der Waals surface area contributed by atoms with Crippen LogP contribution in [0.15, 0.2) is 65.7 Å².